The zero-order valence-electron chi connectivity index (χ0n) is 18.6. The van der Waals surface area contributed by atoms with Crippen LogP contribution in [0.1, 0.15) is 49.6 Å². The Kier molecular flexibility index (Phi) is 5.21. The maximum absolute atomic E-state index is 13.9. The van der Waals surface area contributed by atoms with Gasteiger partial charge in [-0.15, -0.1) is 0 Å². The van der Waals surface area contributed by atoms with E-state index < -0.39 is 35.0 Å². The number of ether oxygens (including phenoxy) is 1. The third-order valence-corrected chi connectivity index (χ3v) is 6.74. The molecule has 2 aliphatic rings. The molecule has 0 saturated carbocycles. The Morgan fingerprint density at radius 2 is 1.73 bits per heavy atom. The first-order chi connectivity index (χ1) is 15.7. The van der Waals surface area contributed by atoms with E-state index in [1.54, 1.807) is 6.07 Å². The number of esters is 1. The molecule has 7 heteroatoms. The number of benzene rings is 2. The van der Waals surface area contributed by atoms with Crippen molar-refractivity contribution in [2.45, 2.75) is 49.8 Å². The molecule has 1 amide bonds. The smallest absolute Gasteiger partial charge is 0.324 e. The monoisotopic (exact) mass is 508 g/mol. The van der Waals surface area contributed by atoms with Gasteiger partial charge in [0.15, 0.2) is 4.67 Å². The zero-order valence-corrected chi connectivity index (χ0v) is 20.2. The molecule has 2 aromatic carbocycles. The molecule has 0 radical (unpaired) electrons. The van der Waals surface area contributed by atoms with E-state index in [0.717, 1.165) is 16.8 Å². The van der Waals surface area contributed by atoms with Gasteiger partial charge in [0.1, 0.15) is 22.8 Å². The number of nitrogens with one attached hydrogen (secondary N) is 2. The molecule has 3 heterocycles. The van der Waals surface area contributed by atoms with Gasteiger partial charge in [-0.2, -0.15) is 0 Å². The molecule has 5 rings (SSSR count). The maximum atomic E-state index is 13.9. The summed E-state index contributed by atoms with van der Waals surface area (Å²) in [6, 6.07) is 19.7. The predicted molar refractivity (Wildman–Crippen MR) is 128 cm³/mol. The molecule has 0 unspecified atom stereocenters. The lowest BCUT2D eigenvalue weighted by molar-refractivity contribution is -0.157. The van der Waals surface area contributed by atoms with E-state index in [9.17, 15) is 9.59 Å². The Morgan fingerprint density at radius 3 is 2.39 bits per heavy atom. The number of carbonyl (C=O) groups is 2. The summed E-state index contributed by atoms with van der Waals surface area (Å²) in [5.74, 6) is -0.688. The minimum atomic E-state index is -1.11. The van der Waals surface area contributed by atoms with E-state index in [2.05, 4.69) is 26.6 Å². The third-order valence-electron chi connectivity index (χ3n) is 6.32. The molecule has 0 aliphatic carbocycles. The standard InChI is InChI=1S/C26H25BrN2O4/c1-25(2,3)33-23(30)21-20(18-13-14-19(27)32-18)26(22(29-21)15-9-5-4-6-10-15)16-11-7-8-12-17(16)28-24(26)31/h4-14,20-22,29H,1-3H3,(H,28,31)/t20-,21+,22-,26-/m1/s1. The number of hydrogen-bond donors (Lipinski definition) is 2. The van der Waals surface area contributed by atoms with Crippen LogP contribution < -0.4 is 10.6 Å². The van der Waals surface area contributed by atoms with Crippen LogP contribution in [0.25, 0.3) is 0 Å². The van der Waals surface area contributed by atoms with Crippen LogP contribution in [0, 0.1) is 0 Å². The molecule has 3 aromatic rings. The number of amides is 1. The third kappa shape index (κ3) is 3.50. The highest BCUT2D eigenvalue weighted by molar-refractivity contribution is 9.10. The molecular formula is C26H25BrN2O4. The van der Waals surface area contributed by atoms with Crippen molar-refractivity contribution >= 4 is 33.5 Å². The van der Waals surface area contributed by atoms with Crippen molar-refractivity contribution in [1.82, 2.24) is 5.32 Å². The van der Waals surface area contributed by atoms with E-state index in [1.807, 2.05) is 81.4 Å². The molecule has 6 nitrogen and oxygen atoms in total. The van der Waals surface area contributed by atoms with Gasteiger partial charge in [0.05, 0.1) is 12.0 Å². The Balaban J connectivity index is 1.77. The van der Waals surface area contributed by atoms with Gasteiger partial charge in [-0.3, -0.25) is 14.9 Å². The van der Waals surface area contributed by atoms with Crippen LogP contribution in [0.4, 0.5) is 5.69 Å². The van der Waals surface area contributed by atoms with E-state index in [-0.39, 0.29) is 5.91 Å². The number of furan rings is 1. The van der Waals surface area contributed by atoms with Crippen molar-refractivity contribution in [3.63, 3.8) is 0 Å². The van der Waals surface area contributed by atoms with Gasteiger partial charge in [0.25, 0.3) is 0 Å². The van der Waals surface area contributed by atoms with Crippen molar-refractivity contribution in [3.05, 3.63) is 88.3 Å². The summed E-state index contributed by atoms with van der Waals surface area (Å²) in [7, 11) is 0. The average Bonchev–Trinajstić information content (AvgIpc) is 3.43. The summed E-state index contributed by atoms with van der Waals surface area (Å²) in [5.41, 5.74) is 0.689. The van der Waals surface area contributed by atoms with Crippen LogP contribution in [-0.4, -0.2) is 23.5 Å². The van der Waals surface area contributed by atoms with Gasteiger partial charge in [-0.1, -0.05) is 48.5 Å². The average molecular weight is 509 g/mol. The summed E-state index contributed by atoms with van der Waals surface area (Å²) in [4.78, 5) is 27.4. The van der Waals surface area contributed by atoms with Crippen LogP contribution in [0.15, 0.2) is 75.8 Å². The van der Waals surface area contributed by atoms with Crippen molar-refractivity contribution in [2.75, 3.05) is 5.32 Å². The molecule has 1 aromatic heterocycles. The molecule has 170 valence electrons. The van der Waals surface area contributed by atoms with Gasteiger partial charge in [-0.25, -0.2) is 0 Å². The number of anilines is 1. The highest BCUT2D eigenvalue weighted by Gasteiger charge is 2.67. The van der Waals surface area contributed by atoms with Gasteiger partial charge >= 0.3 is 5.97 Å². The first-order valence-electron chi connectivity index (χ1n) is 10.9. The van der Waals surface area contributed by atoms with Crippen molar-refractivity contribution in [3.8, 4) is 0 Å². The lowest BCUT2D eigenvalue weighted by Crippen LogP contribution is -2.44. The molecule has 4 atom stereocenters. The predicted octanol–water partition coefficient (Wildman–Crippen LogP) is 5.07. The lowest BCUT2D eigenvalue weighted by Gasteiger charge is -2.34. The Bertz CT molecular complexity index is 1220. The number of hydrogen-bond acceptors (Lipinski definition) is 5. The molecule has 1 saturated heterocycles. The van der Waals surface area contributed by atoms with Gasteiger partial charge in [0, 0.05) is 5.69 Å². The molecule has 1 fully saturated rings. The highest BCUT2D eigenvalue weighted by Crippen LogP contribution is 2.59. The number of rotatable bonds is 3. The summed E-state index contributed by atoms with van der Waals surface area (Å²) < 4.78 is 12.3. The number of carbonyl (C=O) groups excluding carboxylic acids is 2. The quantitative estimate of drug-likeness (QED) is 0.482. The first-order valence-corrected chi connectivity index (χ1v) is 11.7. The van der Waals surface area contributed by atoms with Gasteiger partial charge < -0.3 is 14.5 Å². The Labute approximate surface area is 200 Å². The number of para-hydroxylation sites is 1. The zero-order chi connectivity index (χ0) is 23.4. The molecule has 2 N–H and O–H groups in total. The maximum Gasteiger partial charge on any atom is 0.324 e. The second kappa shape index (κ2) is 7.85. The lowest BCUT2D eigenvalue weighted by atomic mass is 9.65. The summed E-state index contributed by atoms with van der Waals surface area (Å²) in [6.45, 7) is 5.50. The van der Waals surface area contributed by atoms with Crippen LogP contribution >= 0.6 is 15.9 Å². The minimum absolute atomic E-state index is 0.173. The van der Waals surface area contributed by atoms with E-state index in [4.69, 9.17) is 9.15 Å². The first kappa shape index (κ1) is 21.9. The number of fused-ring (bicyclic) bond motifs is 2. The molecule has 1 spiro atoms. The molecule has 33 heavy (non-hydrogen) atoms. The second-order valence-electron chi connectivity index (χ2n) is 9.51. The Hall–Kier alpha value is -2.90. The van der Waals surface area contributed by atoms with E-state index in [1.165, 1.54) is 0 Å². The summed E-state index contributed by atoms with van der Waals surface area (Å²) in [5, 5.41) is 6.54. The van der Waals surface area contributed by atoms with Gasteiger partial charge in [0.2, 0.25) is 5.91 Å². The van der Waals surface area contributed by atoms with Crippen molar-refractivity contribution in [1.29, 1.82) is 0 Å². The minimum Gasteiger partial charge on any atom is -0.459 e. The SMILES string of the molecule is CC(C)(C)OC(=O)[C@H]1N[C@H](c2ccccc2)[C@]2(C(=O)Nc3ccccc32)[C@@H]1c1ccc(Br)o1. The highest BCUT2D eigenvalue weighted by atomic mass is 79.9. The largest absolute Gasteiger partial charge is 0.459 e. The summed E-state index contributed by atoms with van der Waals surface area (Å²) in [6.07, 6.45) is 0. The Morgan fingerprint density at radius 1 is 1.03 bits per heavy atom. The topological polar surface area (TPSA) is 80.6 Å². The van der Waals surface area contributed by atoms with Crippen LogP contribution in [0.3, 0.4) is 0 Å². The van der Waals surface area contributed by atoms with Crippen molar-refractivity contribution < 1.29 is 18.7 Å². The van der Waals surface area contributed by atoms with Crippen molar-refractivity contribution in [2.24, 2.45) is 0 Å². The fourth-order valence-electron chi connectivity index (χ4n) is 5.20. The van der Waals surface area contributed by atoms with E-state index >= 15 is 0 Å². The van der Waals surface area contributed by atoms with Crippen LogP contribution in [0.2, 0.25) is 0 Å². The second-order valence-corrected chi connectivity index (χ2v) is 10.3. The van der Waals surface area contributed by atoms with Crippen LogP contribution in [-0.2, 0) is 19.7 Å². The van der Waals surface area contributed by atoms with Gasteiger partial charge in [-0.05, 0) is 66.0 Å². The fraction of sp³-hybridized carbons (Fsp3) is 0.308. The summed E-state index contributed by atoms with van der Waals surface area (Å²) >= 11 is 3.39. The van der Waals surface area contributed by atoms with Crippen LogP contribution in [0.5, 0.6) is 0 Å². The molecular weight excluding hydrogens is 484 g/mol. The molecule has 2 aliphatic heterocycles. The fourth-order valence-corrected chi connectivity index (χ4v) is 5.52. The number of halogens is 1. The molecule has 0 bridgehead atoms. The van der Waals surface area contributed by atoms with E-state index in [0.29, 0.717) is 10.4 Å². The normalized spacial score (nSPS) is 26.3.